The van der Waals surface area contributed by atoms with Crippen LogP contribution in [0.2, 0.25) is 0 Å². The number of halogens is 1. The van der Waals surface area contributed by atoms with Crippen molar-refractivity contribution in [3.05, 3.63) is 111 Å². The first kappa shape index (κ1) is 24.1. The first-order chi connectivity index (χ1) is 16.8. The van der Waals surface area contributed by atoms with E-state index in [0.29, 0.717) is 28.0 Å². The summed E-state index contributed by atoms with van der Waals surface area (Å²) in [5.74, 6) is 0.431. The van der Waals surface area contributed by atoms with E-state index in [9.17, 15) is 19.3 Å². The predicted molar refractivity (Wildman–Crippen MR) is 131 cm³/mol. The quantitative estimate of drug-likeness (QED) is 0.201. The molecule has 0 radical (unpaired) electrons. The third-order valence-electron chi connectivity index (χ3n) is 5.38. The first-order valence-electron chi connectivity index (χ1n) is 10.8. The van der Waals surface area contributed by atoms with Crippen LogP contribution in [0.25, 0.3) is 5.69 Å². The van der Waals surface area contributed by atoms with Crippen molar-refractivity contribution in [1.82, 2.24) is 20.1 Å². The Kier molecular flexibility index (Phi) is 7.21. The number of hydrogen-bond donors (Lipinski definition) is 1. The van der Waals surface area contributed by atoms with Gasteiger partial charge in [-0.15, -0.1) is 10.2 Å². The Labute approximate surface area is 205 Å². The van der Waals surface area contributed by atoms with E-state index in [1.54, 1.807) is 47.9 Å². The van der Waals surface area contributed by atoms with Crippen molar-refractivity contribution in [2.75, 3.05) is 0 Å². The van der Waals surface area contributed by atoms with Gasteiger partial charge in [-0.3, -0.25) is 19.5 Å². The molecule has 35 heavy (non-hydrogen) atoms. The molecule has 4 rings (SSSR count). The molecule has 8 nitrogen and oxygen atoms in total. The van der Waals surface area contributed by atoms with Crippen LogP contribution >= 0.6 is 11.8 Å². The van der Waals surface area contributed by atoms with Gasteiger partial charge in [-0.25, -0.2) is 4.39 Å². The number of benzene rings is 3. The highest BCUT2D eigenvalue weighted by Gasteiger charge is 2.22. The Bertz CT molecular complexity index is 1360. The minimum absolute atomic E-state index is 0.0372. The molecular formula is C25H22FN5O3S. The van der Waals surface area contributed by atoms with Gasteiger partial charge < -0.3 is 5.32 Å². The molecule has 0 aliphatic heterocycles. The molecule has 0 spiro atoms. The Morgan fingerprint density at radius 1 is 1.09 bits per heavy atom. The maximum absolute atomic E-state index is 13.3. The summed E-state index contributed by atoms with van der Waals surface area (Å²) < 4.78 is 15.0. The number of aryl methyl sites for hydroxylation is 1. The van der Waals surface area contributed by atoms with Crippen LogP contribution in [-0.4, -0.2) is 25.6 Å². The fourth-order valence-corrected chi connectivity index (χ4v) is 4.43. The molecule has 0 aliphatic carbocycles. The molecule has 1 aromatic heterocycles. The molecule has 4 aromatic rings. The summed E-state index contributed by atoms with van der Waals surface area (Å²) in [5.41, 5.74) is 2.90. The van der Waals surface area contributed by atoms with Gasteiger partial charge in [-0.1, -0.05) is 42.1 Å². The van der Waals surface area contributed by atoms with E-state index in [-0.39, 0.29) is 17.4 Å². The summed E-state index contributed by atoms with van der Waals surface area (Å²) in [6.45, 7) is 3.67. The van der Waals surface area contributed by atoms with Gasteiger partial charge in [-0.2, -0.15) is 0 Å². The van der Waals surface area contributed by atoms with Gasteiger partial charge in [0, 0.05) is 29.1 Å². The number of nitro groups is 1. The number of hydrogen-bond acceptors (Lipinski definition) is 6. The predicted octanol–water partition coefficient (Wildman–Crippen LogP) is 5.41. The number of non-ortho nitro benzene ring substituents is 1. The first-order valence-corrected chi connectivity index (χ1v) is 11.8. The summed E-state index contributed by atoms with van der Waals surface area (Å²) in [6.07, 6.45) is 0. The molecule has 0 fully saturated rings. The third kappa shape index (κ3) is 5.55. The zero-order valence-electron chi connectivity index (χ0n) is 19.0. The second-order valence-electron chi connectivity index (χ2n) is 7.87. The van der Waals surface area contributed by atoms with Crippen LogP contribution in [0.15, 0.2) is 78.0 Å². The van der Waals surface area contributed by atoms with Crippen molar-refractivity contribution in [2.24, 2.45) is 0 Å². The fourth-order valence-electron chi connectivity index (χ4n) is 3.52. The number of nitro benzene ring substituents is 1. The standard InChI is InChI=1S/C25H22FN5O3S/c1-16-5-3-4-6-22(16)24(32)27-17(2)23-28-29-25(35-15-18-7-9-19(26)10-8-18)30(23)20-11-13-21(14-12-20)31(33)34/h3-14,17H,15H2,1-2H3,(H,27,32). The van der Waals surface area contributed by atoms with Crippen molar-refractivity contribution in [2.45, 2.75) is 30.8 Å². The number of nitrogens with zero attached hydrogens (tertiary/aromatic N) is 4. The molecule has 1 atom stereocenters. The van der Waals surface area contributed by atoms with E-state index in [1.165, 1.54) is 36.0 Å². The Morgan fingerprint density at radius 3 is 2.43 bits per heavy atom. The normalized spacial score (nSPS) is 11.7. The van der Waals surface area contributed by atoms with Crippen LogP contribution in [0.3, 0.4) is 0 Å². The van der Waals surface area contributed by atoms with Crippen molar-refractivity contribution in [3.8, 4) is 5.69 Å². The largest absolute Gasteiger partial charge is 0.342 e. The van der Waals surface area contributed by atoms with Crippen molar-refractivity contribution < 1.29 is 14.1 Å². The molecule has 1 N–H and O–H groups in total. The van der Waals surface area contributed by atoms with Crippen molar-refractivity contribution in [3.63, 3.8) is 0 Å². The monoisotopic (exact) mass is 491 g/mol. The highest BCUT2D eigenvalue weighted by molar-refractivity contribution is 7.98. The topological polar surface area (TPSA) is 103 Å². The average Bonchev–Trinajstić information content (AvgIpc) is 3.28. The van der Waals surface area contributed by atoms with E-state index >= 15 is 0 Å². The molecule has 1 amide bonds. The van der Waals surface area contributed by atoms with Gasteiger partial charge in [0.05, 0.1) is 11.0 Å². The zero-order chi connectivity index (χ0) is 24.9. The zero-order valence-corrected chi connectivity index (χ0v) is 19.8. The SMILES string of the molecule is Cc1ccccc1C(=O)NC(C)c1nnc(SCc2ccc(F)cc2)n1-c1ccc([N+](=O)[O-])cc1. The van der Waals surface area contributed by atoms with Gasteiger partial charge in [0.15, 0.2) is 11.0 Å². The Balaban J connectivity index is 1.65. The second-order valence-corrected chi connectivity index (χ2v) is 8.82. The third-order valence-corrected chi connectivity index (χ3v) is 6.38. The lowest BCUT2D eigenvalue weighted by Gasteiger charge is -2.17. The Morgan fingerprint density at radius 2 is 1.77 bits per heavy atom. The van der Waals surface area contributed by atoms with Gasteiger partial charge >= 0.3 is 0 Å². The molecule has 1 unspecified atom stereocenters. The van der Waals surface area contributed by atoms with Gasteiger partial charge in [0.1, 0.15) is 5.82 Å². The average molecular weight is 492 g/mol. The minimum atomic E-state index is -0.509. The van der Waals surface area contributed by atoms with E-state index < -0.39 is 11.0 Å². The van der Waals surface area contributed by atoms with Crippen LogP contribution < -0.4 is 5.32 Å². The summed E-state index contributed by atoms with van der Waals surface area (Å²) in [5, 5.41) is 23.3. The molecule has 0 aliphatic rings. The molecule has 0 saturated carbocycles. The van der Waals surface area contributed by atoms with Crippen molar-refractivity contribution >= 4 is 23.4 Å². The lowest BCUT2D eigenvalue weighted by Crippen LogP contribution is -2.29. The van der Waals surface area contributed by atoms with Gasteiger partial charge in [0.2, 0.25) is 0 Å². The van der Waals surface area contributed by atoms with Crippen molar-refractivity contribution in [1.29, 1.82) is 0 Å². The highest BCUT2D eigenvalue weighted by atomic mass is 32.2. The lowest BCUT2D eigenvalue weighted by molar-refractivity contribution is -0.384. The van der Waals surface area contributed by atoms with Crippen LogP contribution in [0, 0.1) is 22.9 Å². The number of carbonyl (C=O) groups is 1. The molecular weight excluding hydrogens is 469 g/mol. The molecule has 10 heteroatoms. The summed E-state index contributed by atoms with van der Waals surface area (Å²) >= 11 is 1.39. The molecule has 3 aromatic carbocycles. The Hall–Kier alpha value is -4.05. The summed E-state index contributed by atoms with van der Waals surface area (Å²) in [7, 11) is 0. The second kappa shape index (κ2) is 10.5. The van der Waals surface area contributed by atoms with Gasteiger partial charge in [0.25, 0.3) is 11.6 Å². The van der Waals surface area contributed by atoms with E-state index in [0.717, 1.165) is 11.1 Å². The molecule has 1 heterocycles. The molecule has 0 saturated heterocycles. The van der Waals surface area contributed by atoms with Crippen LogP contribution in [0.1, 0.15) is 40.3 Å². The van der Waals surface area contributed by atoms with Crippen LogP contribution in [-0.2, 0) is 5.75 Å². The lowest BCUT2D eigenvalue weighted by atomic mass is 10.1. The maximum atomic E-state index is 13.3. The van der Waals surface area contributed by atoms with Crippen LogP contribution in [0.5, 0.6) is 0 Å². The number of carbonyl (C=O) groups excluding carboxylic acids is 1. The minimum Gasteiger partial charge on any atom is -0.342 e. The molecule has 0 bridgehead atoms. The highest BCUT2D eigenvalue weighted by Crippen LogP contribution is 2.28. The smallest absolute Gasteiger partial charge is 0.269 e. The fraction of sp³-hybridized carbons (Fsp3) is 0.160. The summed E-state index contributed by atoms with van der Waals surface area (Å²) in [6, 6.07) is 19.0. The van der Waals surface area contributed by atoms with Gasteiger partial charge in [-0.05, 0) is 55.3 Å². The number of aromatic nitrogens is 3. The molecule has 178 valence electrons. The van der Waals surface area contributed by atoms with E-state index in [4.69, 9.17) is 0 Å². The number of nitrogens with one attached hydrogen (secondary N) is 1. The number of rotatable bonds is 8. The van der Waals surface area contributed by atoms with Crippen LogP contribution in [0.4, 0.5) is 10.1 Å². The number of amides is 1. The maximum Gasteiger partial charge on any atom is 0.269 e. The van der Waals surface area contributed by atoms with E-state index in [2.05, 4.69) is 15.5 Å². The number of thioether (sulfide) groups is 1. The van der Waals surface area contributed by atoms with E-state index in [1.807, 2.05) is 19.1 Å². The summed E-state index contributed by atoms with van der Waals surface area (Å²) in [4.78, 5) is 23.5.